The van der Waals surface area contributed by atoms with E-state index < -0.39 is 0 Å². The standard InChI is InChI=1S/C14H19N3O/c1-9-2-3-10(6-16-9)14(18)17-7-11-4-5-13(15)12(11)8-17/h2-3,6,11-13H,4-5,7-8,15H2,1H3/t11-,12+,13+/m0/s1. The van der Waals surface area contributed by atoms with E-state index in [1.54, 1.807) is 6.20 Å². The summed E-state index contributed by atoms with van der Waals surface area (Å²) in [6.45, 7) is 3.61. The van der Waals surface area contributed by atoms with Gasteiger partial charge in [-0.2, -0.15) is 0 Å². The second-order valence-corrected chi connectivity index (χ2v) is 5.56. The molecule has 2 fully saturated rings. The Morgan fingerprint density at radius 3 is 2.89 bits per heavy atom. The molecule has 2 aliphatic rings. The van der Waals surface area contributed by atoms with E-state index in [0.717, 1.165) is 25.2 Å². The molecular formula is C14H19N3O. The van der Waals surface area contributed by atoms with Crippen molar-refractivity contribution in [1.29, 1.82) is 0 Å². The molecule has 1 amide bonds. The van der Waals surface area contributed by atoms with Crippen LogP contribution in [-0.2, 0) is 0 Å². The van der Waals surface area contributed by atoms with E-state index in [1.165, 1.54) is 6.42 Å². The molecule has 0 bridgehead atoms. The summed E-state index contributed by atoms with van der Waals surface area (Å²) in [5.74, 6) is 1.22. The van der Waals surface area contributed by atoms with Gasteiger partial charge in [-0.3, -0.25) is 9.78 Å². The van der Waals surface area contributed by atoms with Gasteiger partial charge in [-0.05, 0) is 43.7 Å². The van der Waals surface area contributed by atoms with Crippen LogP contribution in [0.1, 0.15) is 28.9 Å². The van der Waals surface area contributed by atoms with Gasteiger partial charge in [0.2, 0.25) is 0 Å². The van der Waals surface area contributed by atoms with Crippen LogP contribution in [0.2, 0.25) is 0 Å². The third kappa shape index (κ3) is 1.90. The zero-order chi connectivity index (χ0) is 12.7. The molecule has 0 aromatic carbocycles. The molecule has 0 spiro atoms. The minimum Gasteiger partial charge on any atom is -0.338 e. The van der Waals surface area contributed by atoms with Crippen molar-refractivity contribution in [3.05, 3.63) is 29.6 Å². The maximum atomic E-state index is 12.3. The fourth-order valence-corrected chi connectivity index (χ4v) is 3.25. The van der Waals surface area contributed by atoms with Crippen LogP contribution in [0.3, 0.4) is 0 Å². The predicted molar refractivity (Wildman–Crippen MR) is 69.1 cm³/mol. The van der Waals surface area contributed by atoms with Crippen molar-refractivity contribution in [2.75, 3.05) is 13.1 Å². The number of carbonyl (C=O) groups excluding carboxylic acids is 1. The second kappa shape index (κ2) is 4.35. The first-order chi connectivity index (χ1) is 8.65. The Balaban J connectivity index is 1.73. The van der Waals surface area contributed by atoms with Crippen LogP contribution in [0.25, 0.3) is 0 Å². The summed E-state index contributed by atoms with van der Waals surface area (Å²) in [6.07, 6.45) is 3.96. The molecule has 4 heteroatoms. The van der Waals surface area contributed by atoms with Crippen LogP contribution in [0.15, 0.2) is 18.3 Å². The molecule has 1 saturated heterocycles. The van der Waals surface area contributed by atoms with E-state index in [0.29, 0.717) is 17.4 Å². The number of aryl methyl sites for hydroxylation is 1. The van der Waals surface area contributed by atoms with Crippen molar-refractivity contribution in [2.45, 2.75) is 25.8 Å². The summed E-state index contributed by atoms with van der Waals surface area (Å²) < 4.78 is 0. The van der Waals surface area contributed by atoms with Crippen LogP contribution >= 0.6 is 0 Å². The van der Waals surface area contributed by atoms with Gasteiger partial charge in [0, 0.05) is 31.0 Å². The number of fused-ring (bicyclic) bond motifs is 1. The number of aromatic nitrogens is 1. The van der Waals surface area contributed by atoms with E-state index in [4.69, 9.17) is 5.73 Å². The molecule has 0 unspecified atom stereocenters. The van der Waals surface area contributed by atoms with Crippen molar-refractivity contribution in [3.63, 3.8) is 0 Å². The number of hydrogen-bond donors (Lipinski definition) is 1. The monoisotopic (exact) mass is 245 g/mol. The molecule has 1 aromatic rings. The highest BCUT2D eigenvalue weighted by Crippen LogP contribution is 2.37. The van der Waals surface area contributed by atoms with E-state index in [9.17, 15) is 4.79 Å². The summed E-state index contributed by atoms with van der Waals surface area (Å²) in [4.78, 5) is 18.5. The molecule has 1 saturated carbocycles. The van der Waals surface area contributed by atoms with Crippen molar-refractivity contribution in [3.8, 4) is 0 Å². The molecule has 96 valence electrons. The quantitative estimate of drug-likeness (QED) is 0.808. The molecule has 3 rings (SSSR count). The number of likely N-dealkylation sites (tertiary alicyclic amines) is 1. The van der Waals surface area contributed by atoms with Crippen LogP contribution in [0, 0.1) is 18.8 Å². The average Bonchev–Trinajstić information content (AvgIpc) is 2.92. The molecular weight excluding hydrogens is 226 g/mol. The van der Waals surface area contributed by atoms with Crippen molar-refractivity contribution in [2.24, 2.45) is 17.6 Å². The largest absolute Gasteiger partial charge is 0.338 e. The number of nitrogens with zero attached hydrogens (tertiary/aromatic N) is 2. The lowest BCUT2D eigenvalue weighted by molar-refractivity contribution is 0.0779. The zero-order valence-electron chi connectivity index (χ0n) is 10.7. The Morgan fingerprint density at radius 2 is 2.22 bits per heavy atom. The minimum atomic E-state index is 0.101. The van der Waals surface area contributed by atoms with E-state index in [1.807, 2.05) is 24.0 Å². The Bertz CT molecular complexity index is 457. The highest BCUT2D eigenvalue weighted by molar-refractivity contribution is 5.94. The lowest BCUT2D eigenvalue weighted by Gasteiger charge is -2.18. The first-order valence-electron chi connectivity index (χ1n) is 6.62. The number of amides is 1. The van der Waals surface area contributed by atoms with Gasteiger partial charge in [-0.1, -0.05) is 0 Å². The zero-order valence-corrected chi connectivity index (χ0v) is 10.7. The van der Waals surface area contributed by atoms with Crippen molar-refractivity contribution >= 4 is 5.91 Å². The fourth-order valence-electron chi connectivity index (χ4n) is 3.25. The predicted octanol–water partition coefficient (Wildman–Crippen LogP) is 1.20. The number of hydrogen-bond acceptors (Lipinski definition) is 3. The van der Waals surface area contributed by atoms with Gasteiger partial charge >= 0.3 is 0 Å². The third-order valence-corrected chi connectivity index (χ3v) is 4.36. The Morgan fingerprint density at radius 1 is 1.39 bits per heavy atom. The number of rotatable bonds is 1. The Hall–Kier alpha value is -1.42. The smallest absolute Gasteiger partial charge is 0.255 e. The lowest BCUT2D eigenvalue weighted by atomic mass is 9.98. The molecule has 1 aromatic heterocycles. The Labute approximate surface area is 107 Å². The number of pyridine rings is 1. The fraction of sp³-hybridized carbons (Fsp3) is 0.571. The van der Waals surface area contributed by atoms with Gasteiger partial charge in [0.1, 0.15) is 0 Å². The first kappa shape index (κ1) is 11.7. The van der Waals surface area contributed by atoms with Crippen molar-refractivity contribution < 1.29 is 4.79 Å². The normalized spacial score (nSPS) is 30.6. The van der Waals surface area contributed by atoms with Gasteiger partial charge in [-0.25, -0.2) is 0 Å². The molecule has 0 radical (unpaired) electrons. The molecule has 18 heavy (non-hydrogen) atoms. The van der Waals surface area contributed by atoms with E-state index in [2.05, 4.69) is 4.98 Å². The summed E-state index contributed by atoms with van der Waals surface area (Å²) in [5, 5.41) is 0. The van der Waals surface area contributed by atoms with Crippen LogP contribution < -0.4 is 5.73 Å². The van der Waals surface area contributed by atoms with Gasteiger partial charge < -0.3 is 10.6 Å². The van der Waals surface area contributed by atoms with E-state index >= 15 is 0 Å². The topological polar surface area (TPSA) is 59.2 Å². The molecule has 3 atom stereocenters. The van der Waals surface area contributed by atoms with Crippen LogP contribution in [-0.4, -0.2) is 34.9 Å². The summed E-state index contributed by atoms with van der Waals surface area (Å²) >= 11 is 0. The summed E-state index contributed by atoms with van der Waals surface area (Å²) in [5.41, 5.74) is 7.72. The highest BCUT2D eigenvalue weighted by Gasteiger charge is 2.42. The van der Waals surface area contributed by atoms with Gasteiger partial charge in [0.15, 0.2) is 0 Å². The number of nitrogens with two attached hydrogens (primary N) is 1. The van der Waals surface area contributed by atoms with Crippen LogP contribution in [0.5, 0.6) is 0 Å². The molecule has 1 aliphatic carbocycles. The minimum absolute atomic E-state index is 0.101. The number of carbonyl (C=O) groups is 1. The molecule has 1 aliphatic heterocycles. The lowest BCUT2D eigenvalue weighted by Crippen LogP contribution is -2.33. The summed E-state index contributed by atoms with van der Waals surface area (Å²) in [6, 6.07) is 4.03. The molecule has 2 heterocycles. The van der Waals surface area contributed by atoms with Gasteiger partial charge in [0.25, 0.3) is 5.91 Å². The summed E-state index contributed by atoms with van der Waals surface area (Å²) in [7, 11) is 0. The van der Waals surface area contributed by atoms with Gasteiger partial charge in [0.05, 0.1) is 5.56 Å². The Kier molecular flexibility index (Phi) is 2.82. The van der Waals surface area contributed by atoms with Crippen LogP contribution in [0.4, 0.5) is 0 Å². The molecule has 4 nitrogen and oxygen atoms in total. The maximum absolute atomic E-state index is 12.3. The SMILES string of the molecule is Cc1ccc(C(=O)N2C[C@@H]3CC[C@@H](N)[C@@H]3C2)cn1. The average molecular weight is 245 g/mol. The van der Waals surface area contributed by atoms with Gasteiger partial charge in [-0.15, -0.1) is 0 Å². The molecule has 2 N–H and O–H groups in total. The maximum Gasteiger partial charge on any atom is 0.255 e. The van der Waals surface area contributed by atoms with E-state index in [-0.39, 0.29) is 11.9 Å². The third-order valence-electron chi connectivity index (χ3n) is 4.36. The van der Waals surface area contributed by atoms with Crippen molar-refractivity contribution in [1.82, 2.24) is 9.88 Å². The second-order valence-electron chi connectivity index (χ2n) is 5.56. The first-order valence-corrected chi connectivity index (χ1v) is 6.62. The highest BCUT2D eigenvalue weighted by atomic mass is 16.2.